The molecular weight excluding hydrogens is 332 g/mol. The van der Waals surface area contributed by atoms with Crippen LogP contribution in [-0.4, -0.2) is 20.7 Å². The molecule has 1 heterocycles. The van der Waals surface area contributed by atoms with Crippen LogP contribution in [0, 0.1) is 0 Å². The van der Waals surface area contributed by atoms with Crippen LogP contribution in [0.15, 0.2) is 29.4 Å². The number of rotatable bonds is 7. The monoisotopic (exact) mass is 358 g/mol. The average Bonchev–Trinajstić information content (AvgIpc) is 3.31. The van der Waals surface area contributed by atoms with Gasteiger partial charge in [-0.15, -0.1) is 10.2 Å². The number of carbonyl (C=O) groups excluding carboxylic acids is 1. The van der Waals surface area contributed by atoms with Crippen molar-refractivity contribution in [1.29, 1.82) is 0 Å². The SMILES string of the molecule is CC(C)(C)c1ccc(CSc2nnc(CCC(N)=O)n2C2CC2)cc1. The lowest BCUT2D eigenvalue weighted by atomic mass is 9.87. The zero-order valence-electron chi connectivity index (χ0n) is 15.2. The van der Waals surface area contributed by atoms with Crippen LogP contribution in [0.3, 0.4) is 0 Å². The van der Waals surface area contributed by atoms with Crippen LogP contribution in [0.25, 0.3) is 0 Å². The number of carbonyl (C=O) groups is 1. The maximum absolute atomic E-state index is 11.0. The van der Waals surface area contributed by atoms with E-state index in [9.17, 15) is 4.79 Å². The van der Waals surface area contributed by atoms with Crippen molar-refractivity contribution in [1.82, 2.24) is 14.8 Å². The van der Waals surface area contributed by atoms with Gasteiger partial charge in [-0.25, -0.2) is 0 Å². The summed E-state index contributed by atoms with van der Waals surface area (Å²) in [6, 6.07) is 9.29. The predicted molar refractivity (Wildman–Crippen MR) is 101 cm³/mol. The van der Waals surface area contributed by atoms with Crippen molar-refractivity contribution in [2.45, 2.75) is 68.8 Å². The third-order valence-corrected chi connectivity index (χ3v) is 5.44. The van der Waals surface area contributed by atoms with Crippen LogP contribution in [0.5, 0.6) is 0 Å². The van der Waals surface area contributed by atoms with Gasteiger partial charge in [0.1, 0.15) is 5.82 Å². The number of hydrogen-bond donors (Lipinski definition) is 1. The van der Waals surface area contributed by atoms with E-state index >= 15 is 0 Å². The van der Waals surface area contributed by atoms with Gasteiger partial charge in [-0.05, 0) is 29.4 Å². The second kappa shape index (κ2) is 7.20. The zero-order chi connectivity index (χ0) is 18.0. The van der Waals surface area contributed by atoms with E-state index in [1.807, 2.05) is 0 Å². The first-order valence-corrected chi connectivity index (χ1v) is 9.77. The summed E-state index contributed by atoms with van der Waals surface area (Å²) < 4.78 is 2.21. The lowest BCUT2D eigenvalue weighted by Gasteiger charge is -2.19. The highest BCUT2D eigenvalue weighted by atomic mass is 32.2. The first-order valence-electron chi connectivity index (χ1n) is 8.79. The van der Waals surface area contributed by atoms with Gasteiger partial charge in [-0.3, -0.25) is 4.79 Å². The van der Waals surface area contributed by atoms with E-state index in [1.54, 1.807) is 11.8 Å². The Bertz CT molecular complexity index is 742. The number of thioether (sulfide) groups is 1. The molecule has 1 fully saturated rings. The smallest absolute Gasteiger partial charge is 0.217 e. The number of aryl methyl sites for hydroxylation is 1. The molecule has 0 bridgehead atoms. The number of primary amides is 1. The van der Waals surface area contributed by atoms with Crippen LogP contribution >= 0.6 is 11.8 Å². The number of amides is 1. The van der Waals surface area contributed by atoms with E-state index in [0.29, 0.717) is 18.9 Å². The van der Waals surface area contributed by atoms with E-state index in [2.05, 4.69) is 59.8 Å². The molecule has 1 aromatic heterocycles. The quantitative estimate of drug-likeness (QED) is 0.767. The Morgan fingerprint density at radius 2 is 1.92 bits per heavy atom. The maximum atomic E-state index is 11.0. The van der Waals surface area contributed by atoms with Crippen LogP contribution in [0.2, 0.25) is 0 Å². The van der Waals surface area contributed by atoms with E-state index in [0.717, 1.165) is 29.6 Å². The van der Waals surface area contributed by atoms with E-state index in [4.69, 9.17) is 5.73 Å². The van der Waals surface area contributed by atoms with Gasteiger partial charge in [0, 0.05) is 24.6 Å². The third kappa shape index (κ3) is 4.63. The van der Waals surface area contributed by atoms with Gasteiger partial charge in [0.15, 0.2) is 5.16 Å². The molecule has 2 N–H and O–H groups in total. The fourth-order valence-corrected chi connectivity index (χ4v) is 3.74. The van der Waals surface area contributed by atoms with Crippen molar-refractivity contribution in [2.24, 2.45) is 5.73 Å². The van der Waals surface area contributed by atoms with Gasteiger partial charge in [-0.1, -0.05) is 56.8 Å². The minimum atomic E-state index is -0.293. The molecule has 1 aromatic carbocycles. The zero-order valence-corrected chi connectivity index (χ0v) is 16.0. The molecule has 25 heavy (non-hydrogen) atoms. The summed E-state index contributed by atoms with van der Waals surface area (Å²) in [6.07, 6.45) is 3.22. The predicted octanol–water partition coefficient (Wildman–Crippen LogP) is 3.62. The molecule has 0 radical (unpaired) electrons. The van der Waals surface area contributed by atoms with Gasteiger partial charge in [-0.2, -0.15) is 0 Å². The molecule has 0 atom stereocenters. The van der Waals surface area contributed by atoms with Crippen LogP contribution in [0.4, 0.5) is 0 Å². The van der Waals surface area contributed by atoms with Crippen molar-refractivity contribution in [2.75, 3.05) is 0 Å². The minimum Gasteiger partial charge on any atom is -0.370 e. The molecule has 0 unspecified atom stereocenters. The highest BCUT2D eigenvalue weighted by molar-refractivity contribution is 7.98. The number of hydrogen-bond acceptors (Lipinski definition) is 4. The Hall–Kier alpha value is -1.82. The average molecular weight is 359 g/mol. The second-order valence-corrected chi connectivity index (χ2v) is 8.64. The van der Waals surface area contributed by atoms with Gasteiger partial charge >= 0.3 is 0 Å². The normalized spacial score (nSPS) is 14.7. The molecule has 3 rings (SSSR count). The first kappa shape index (κ1) is 18.0. The molecule has 1 saturated carbocycles. The fourth-order valence-electron chi connectivity index (χ4n) is 2.76. The van der Waals surface area contributed by atoms with Crippen molar-refractivity contribution < 1.29 is 4.79 Å². The van der Waals surface area contributed by atoms with Crippen molar-refractivity contribution in [3.8, 4) is 0 Å². The number of benzene rings is 1. The summed E-state index contributed by atoms with van der Waals surface area (Å²) >= 11 is 1.71. The standard InChI is InChI=1S/C19H26N4OS/c1-19(2,3)14-6-4-13(5-7-14)12-25-18-22-21-17(11-10-16(20)24)23(18)15-8-9-15/h4-7,15H,8-12H2,1-3H3,(H2,20,24). The topological polar surface area (TPSA) is 73.8 Å². The molecule has 6 heteroatoms. The summed E-state index contributed by atoms with van der Waals surface area (Å²) in [7, 11) is 0. The Labute approximate surface area is 153 Å². The van der Waals surface area contributed by atoms with Crippen LogP contribution in [0.1, 0.15) is 63.0 Å². The van der Waals surface area contributed by atoms with Gasteiger partial charge < -0.3 is 10.3 Å². The fraction of sp³-hybridized carbons (Fsp3) is 0.526. The summed E-state index contributed by atoms with van der Waals surface area (Å²) in [5.41, 5.74) is 8.06. The number of aromatic nitrogens is 3. The maximum Gasteiger partial charge on any atom is 0.217 e. The number of nitrogens with two attached hydrogens (primary N) is 1. The largest absolute Gasteiger partial charge is 0.370 e. The molecular formula is C19H26N4OS. The molecule has 1 amide bonds. The highest BCUT2D eigenvalue weighted by Crippen LogP contribution is 2.39. The van der Waals surface area contributed by atoms with Crippen LogP contribution in [-0.2, 0) is 22.4 Å². The highest BCUT2D eigenvalue weighted by Gasteiger charge is 2.29. The molecule has 0 spiro atoms. The van der Waals surface area contributed by atoms with Crippen molar-refractivity contribution in [3.05, 3.63) is 41.2 Å². The Kier molecular flexibility index (Phi) is 5.18. The summed E-state index contributed by atoms with van der Waals surface area (Å²) in [6.45, 7) is 6.67. The van der Waals surface area contributed by atoms with E-state index in [1.165, 1.54) is 11.1 Å². The Morgan fingerprint density at radius 3 is 2.48 bits per heavy atom. The summed E-state index contributed by atoms with van der Waals surface area (Å²) in [5.74, 6) is 1.45. The summed E-state index contributed by atoms with van der Waals surface area (Å²) in [4.78, 5) is 11.0. The molecule has 0 saturated heterocycles. The van der Waals surface area contributed by atoms with Crippen LogP contribution < -0.4 is 5.73 Å². The Balaban J connectivity index is 1.67. The van der Waals surface area contributed by atoms with Gasteiger partial charge in [0.25, 0.3) is 0 Å². The van der Waals surface area contributed by atoms with Gasteiger partial charge in [0.05, 0.1) is 0 Å². The minimum absolute atomic E-state index is 0.174. The number of nitrogens with zero attached hydrogens (tertiary/aromatic N) is 3. The first-order chi connectivity index (χ1) is 11.8. The molecule has 1 aliphatic carbocycles. The van der Waals surface area contributed by atoms with Crippen molar-refractivity contribution >= 4 is 17.7 Å². The third-order valence-electron chi connectivity index (χ3n) is 4.43. The molecule has 1 aliphatic rings. The molecule has 134 valence electrons. The summed E-state index contributed by atoms with van der Waals surface area (Å²) in [5, 5.41) is 9.59. The lowest BCUT2D eigenvalue weighted by molar-refractivity contribution is -0.118. The molecule has 0 aliphatic heterocycles. The van der Waals surface area contributed by atoms with E-state index < -0.39 is 0 Å². The molecule has 5 nitrogen and oxygen atoms in total. The Morgan fingerprint density at radius 1 is 1.24 bits per heavy atom. The van der Waals surface area contributed by atoms with Gasteiger partial charge in [0.2, 0.25) is 5.91 Å². The molecule has 2 aromatic rings. The lowest BCUT2D eigenvalue weighted by Crippen LogP contribution is -2.13. The second-order valence-electron chi connectivity index (χ2n) is 7.70. The van der Waals surface area contributed by atoms with E-state index in [-0.39, 0.29) is 11.3 Å². The van der Waals surface area contributed by atoms with Crippen molar-refractivity contribution in [3.63, 3.8) is 0 Å².